The first-order chi connectivity index (χ1) is 12.1. The number of nitrogens with one attached hydrogen (secondary N) is 2. The molecule has 0 saturated carbocycles. The first kappa shape index (κ1) is 17.5. The van der Waals surface area contributed by atoms with Crippen molar-refractivity contribution in [1.29, 1.82) is 0 Å². The fraction of sp³-hybridized carbons (Fsp3) is 0.167. The minimum atomic E-state index is 0.460. The van der Waals surface area contributed by atoms with E-state index in [2.05, 4.69) is 25.8 Å². The first-order valence-electron chi connectivity index (χ1n) is 7.81. The predicted molar refractivity (Wildman–Crippen MR) is 103 cm³/mol. The maximum atomic E-state index is 6.17. The molecule has 1 heterocycles. The van der Waals surface area contributed by atoms with E-state index in [-0.39, 0.29) is 0 Å². The molecule has 0 radical (unpaired) electrons. The van der Waals surface area contributed by atoms with Crippen LogP contribution in [0.3, 0.4) is 0 Å². The van der Waals surface area contributed by atoms with Crippen molar-refractivity contribution < 1.29 is 0 Å². The van der Waals surface area contributed by atoms with Gasteiger partial charge in [0, 0.05) is 22.3 Å². The van der Waals surface area contributed by atoms with Crippen LogP contribution in [0.15, 0.2) is 48.7 Å². The minimum absolute atomic E-state index is 0.460. The van der Waals surface area contributed by atoms with Crippen LogP contribution in [-0.4, -0.2) is 21.7 Å². The molecule has 0 unspecified atom stereocenters. The molecule has 0 amide bonds. The number of hydrogen-bond acceptors (Lipinski definition) is 5. The van der Waals surface area contributed by atoms with Crippen LogP contribution in [0, 0.1) is 6.92 Å². The highest BCUT2D eigenvalue weighted by Gasteiger charge is 2.04. The largest absolute Gasteiger partial charge is 0.353 e. The molecule has 0 bridgehead atoms. The molecular weight excluding hydrogens is 357 g/mol. The van der Waals surface area contributed by atoms with Crippen LogP contribution in [0.2, 0.25) is 10.0 Å². The van der Waals surface area contributed by atoms with Crippen LogP contribution in [0.5, 0.6) is 0 Å². The van der Waals surface area contributed by atoms with E-state index < -0.39 is 0 Å². The molecule has 0 spiro atoms. The van der Waals surface area contributed by atoms with E-state index >= 15 is 0 Å². The number of nitrogens with zero attached hydrogens (tertiary/aromatic N) is 3. The lowest BCUT2D eigenvalue weighted by molar-refractivity contribution is 0.929. The number of anilines is 3. The highest BCUT2D eigenvalue weighted by molar-refractivity contribution is 6.35. The van der Waals surface area contributed by atoms with Crippen molar-refractivity contribution in [1.82, 2.24) is 15.2 Å². The maximum Gasteiger partial charge on any atom is 0.244 e. The molecule has 0 aliphatic carbocycles. The molecule has 0 saturated heterocycles. The summed E-state index contributed by atoms with van der Waals surface area (Å²) in [6.45, 7) is 2.68. The second-order valence-electron chi connectivity index (χ2n) is 5.57. The smallest absolute Gasteiger partial charge is 0.244 e. The van der Waals surface area contributed by atoms with Gasteiger partial charge in [-0.15, -0.1) is 5.10 Å². The number of halogens is 2. The molecule has 25 heavy (non-hydrogen) atoms. The topological polar surface area (TPSA) is 62.7 Å². The molecule has 7 heteroatoms. The lowest BCUT2D eigenvalue weighted by Crippen LogP contribution is -2.10. The van der Waals surface area contributed by atoms with Crippen molar-refractivity contribution in [3.05, 3.63) is 69.8 Å². The van der Waals surface area contributed by atoms with Gasteiger partial charge in [0.15, 0.2) is 5.82 Å². The molecule has 0 atom stereocenters. The number of rotatable bonds is 6. The Hall–Kier alpha value is -2.37. The molecule has 0 aliphatic heterocycles. The molecule has 0 aliphatic rings. The maximum absolute atomic E-state index is 6.17. The van der Waals surface area contributed by atoms with E-state index in [1.807, 2.05) is 43.3 Å². The lowest BCUT2D eigenvalue weighted by Gasteiger charge is -2.09. The summed E-state index contributed by atoms with van der Waals surface area (Å²) in [5.41, 5.74) is 3.17. The summed E-state index contributed by atoms with van der Waals surface area (Å²) in [4.78, 5) is 4.41. The van der Waals surface area contributed by atoms with E-state index in [1.54, 1.807) is 12.3 Å². The minimum Gasteiger partial charge on any atom is -0.353 e. The molecule has 5 nitrogen and oxygen atoms in total. The van der Waals surface area contributed by atoms with Crippen LogP contribution in [-0.2, 0) is 6.42 Å². The van der Waals surface area contributed by atoms with Gasteiger partial charge < -0.3 is 10.6 Å². The van der Waals surface area contributed by atoms with Gasteiger partial charge in [0.2, 0.25) is 5.95 Å². The summed E-state index contributed by atoms with van der Waals surface area (Å²) in [5, 5.41) is 15.6. The summed E-state index contributed by atoms with van der Waals surface area (Å²) >= 11 is 12.1. The highest BCUT2D eigenvalue weighted by atomic mass is 35.5. The SMILES string of the molecule is Cc1ccc(Nc2cnnc(NCCc3ccc(Cl)cc3Cl)n2)cc1. The molecule has 0 fully saturated rings. The molecular formula is C18H17Cl2N5. The van der Waals surface area contributed by atoms with Gasteiger partial charge in [0.25, 0.3) is 0 Å². The summed E-state index contributed by atoms with van der Waals surface area (Å²) < 4.78 is 0. The lowest BCUT2D eigenvalue weighted by atomic mass is 10.1. The first-order valence-corrected chi connectivity index (χ1v) is 8.57. The predicted octanol–water partition coefficient (Wildman–Crippen LogP) is 4.89. The molecule has 2 N–H and O–H groups in total. The Morgan fingerprint density at radius 2 is 1.84 bits per heavy atom. The zero-order valence-electron chi connectivity index (χ0n) is 13.6. The second kappa shape index (κ2) is 8.14. The number of aryl methyl sites for hydroxylation is 1. The average molecular weight is 374 g/mol. The zero-order chi connectivity index (χ0) is 17.6. The van der Waals surface area contributed by atoms with Gasteiger partial charge in [-0.2, -0.15) is 10.1 Å². The van der Waals surface area contributed by atoms with Crippen LogP contribution in [0.25, 0.3) is 0 Å². The van der Waals surface area contributed by atoms with Crippen LogP contribution < -0.4 is 10.6 Å². The van der Waals surface area contributed by atoms with E-state index in [9.17, 15) is 0 Å². The van der Waals surface area contributed by atoms with Gasteiger partial charge in [-0.05, 0) is 43.2 Å². The Kier molecular flexibility index (Phi) is 5.68. The fourth-order valence-electron chi connectivity index (χ4n) is 2.26. The van der Waals surface area contributed by atoms with Gasteiger partial charge in [-0.25, -0.2) is 0 Å². The Labute approximate surface area is 156 Å². The summed E-state index contributed by atoms with van der Waals surface area (Å²) in [5.74, 6) is 1.09. The highest BCUT2D eigenvalue weighted by Crippen LogP contribution is 2.21. The summed E-state index contributed by atoms with van der Waals surface area (Å²) in [6, 6.07) is 13.5. The van der Waals surface area contributed by atoms with Gasteiger partial charge in [0.1, 0.15) is 0 Å². The monoisotopic (exact) mass is 373 g/mol. The van der Waals surface area contributed by atoms with Crippen LogP contribution >= 0.6 is 23.2 Å². The van der Waals surface area contributed by atoms with Crippen LogP contribution in [0.4, 0.5) is 17.5 Å². The van der Waals surface area contributed by atoms with Crippen molar-refractivity contribution in [3.8, 4) is 0 Å². The van der Waals surface area contributed by atoms with Crippen molar-refractivity contribution in [2.24, 2.45) is 0 Å². The molecule has 128 valence electrons. The molecule has 3 rings (SSSR count). The zero-order valence-corrected chi connectivity index (χ0v) is 15.1. The van der Waals surface area contributed by atoms with Crippen molar-refractivity contribution >= 4 is 40.7 Å². The Bertz CT molecular complexity index is 852. The molecule has 1 aromatic heterocycles. The van der Waals surface area contributed by atoms with Gasteiger partial charge in [-0.1, -0.05) is 47.0 Å². The summed E-state index contributed by atoms with van der Waals surface area (Å²) in [7, 11) is 0. The Balaban J connectivity index is 1.59. The van der Waals surface area contributed by atoms with E-state index in [4.69, 9.17) is 23.2 Å². The second-order valence-corrected chi connectivity index (χ2v) is 6.41. The third-order valence-electron chi connectivity index (χ3n) is 3.58. The van der Waals surface area contributed by atoms with Gasteiger partial charge in [-0.3, -0.25) is 0 Å². The quantitative estimate of drug-likeness (QED) is 0.644. The standard InChI is InChI=1S/C18H17Cl2N5/c1-12-2-6-15(7-3-12)23-17-11-22-25-18(24-17)21-9-8-13-4-5-14(19)10-16(13)20/h2-7,10-11H,8-9H2,1H3,(H2,21,23,24,25). The number of aromatic nitrogens is 3. The Morgan fingerprint density at radius 3 is 2.60 bits per heavy atom. The van der Waals surface area contributed by atoms with E-state index in [0.717, 1.165) is 17.7 Å². The number of hydrogen-bond donors (Lipinski definition) is 2. The molecule has 2 aromatic carbocycles. The van der Waals surface area contributed by atoms with E-state index in [0.29, 0.717) is 28.4 Å². The van der Waals surface area contributed by atoms with Crippen molar-refractivity contribution in [2.75, 3.05) is 17.2 Å². The average Bonchev–Trinajstić information content (AvgIpc) is 2.59. The normalized spacial score (nSPS) is 10.5. The third-order valence-corrected chi connectivity index (χ3v) is 4.16. The number of benzene rings is 2. The van der Waals surface area contributed by atoms with Gasteiger partial charge in [0.05, 0.1) is 6.20 Å². The summed E-state index contributed by atoms with van der Waals surface area (Å²) in [6.07, 6.45) is 2.32. The van der Waals surface area contributed by atoms with Crippen molar-refractivity contribution in [3.63, 3.8) is 0 Å². The third kappa shape index (κ3) is 5.05. The Morgan fingerprint density at radius 1 is 1.04 bits per heavy atom. The van der Waals surface area contributed by atoms with Crippen molar-refractivity contribution in [2.45, 2.75) is 13.3 Å². The van der Waals surface area contributed by atoms with Gasteiger partial charge >= 0.3 is 0 Å². The molecule has 3 aromatic rings. The fourth-order valence-corrected chi connectivity index (χ4v) is 2.76. The van der Waals surface area contributed by atoms with Crippen LogP contribution in [0.1, 0.15) is 11.1 Å². The van der Waals surface area contributed by atoms with E-state index in [1.165, 1.54) is 5.56 Å².